The second kappa shape index (κ2) is 11.6. The Morgan fingerprint density at radius 1 is 1.08 bits per heavy atom. The number of carboxylic acid groups (broad SMARTS) is 1. The van der Waals surface area contributed by atoms with Gasteiger partial charge in [-0.25, -0.2) is 9.79 Å². The Morgan fingerprint density at radius 2 is 1.74 bits per heavy atom. The van der Waals surface area contributed by atoms with Gasteiger partial charge in [0.15, 0.2) is 5.17 Å². The van der Waals surface area contributed by atoms with E-state index in [1.165, 1.54) is 53.4 Å². The highest BCUT2D eigenvalue weighted by atomic mass is 35.5. The summed E-state index contributed by atoms with van der Waals surface area (Å²) in [7, 11) is 0. The number of alkyl halides is 3. The number of carboxylic acids is 1. The van der Waals surface area contributed by atoms with Crippen LogP contribution in [0.25, 0.3) is 0 Å². The van der Waals surface area contributed by atoms with Crippen LogP contribution in [0.4, 0.5) is 20.2 Å². The van der Waals surface area contributed by atoms with Gasteiger partial charge >= 0.3 is 11.5 Å². The molecule has 2 N–H and O–H groups in total. The summed E-state index contributed by atoms with van der Waals surface area (Å²) in [5.41, 5.74) is -2.22. The Kier molecular flexibility index (Phi) is 8.28. The van der Waals surface area contributed by atoms with Gasteiger partial charge in [-0.05, 0) is 54.1 Å². The van der Waals surface area contributed by atoms with Crippen LogP contribution in [0.2, 0.25) is 0 Å². The first-order valence-corrected chi connectivity index (χ1v) is 12.4. The molecule has 1 atom stereocenters. The fourth-order valence-corrected chi connectivity index (χ4v) is 4.70. The highest BCUT2D eigenvalue weighted by Crippen LogP contribution is 2.32. The molecule has 0 radical (unpaired) electrons. The van der Waals surface area contributed by atoms with E-state index >= 15 is 0 Å². The number of aliphatic imine (C=N–C) groups is 1. The Labute approximate surface area is 225 Å². The van der Waals surface area contributed by atoms with Crippen molar-refractivity contribution >= 4 is 57.7 Å². The van der Waals surface area contributed by atoms with E-state index in [1.54, 1.807) is 0 Å². The summed E-state index contributed by atoms with van der Waals surface area (Å²) in [6, 6.07) is 20.2. The maximum Gasteiger partial charge on any atom is 0.487 e. The number of ether oxygens (including phenoxy) is 1. The predicted octanol–water partition coefficient (Wildman–Crippen LogP) is 5.71. The number of hydrogen-bond acceptors (Lipinski definition) is 6. The van der Waals surface area contributed by atoms with E-state index in [0.717, 1.165) is 17.3 Å². The number of hydrogen-bond donors (Lipinski definition) is 2. The van der Waals surface area contributed by atoms with Crippen molar-refractivity contribution in [1.82, 2.24) is 4.90 Å². The maximum atomic E-state index is 13.2. The molecule has 0 aliphatic carbocycles. The van der Waals surface area contributed by atoms with Crippen LogP contribution in [-0.4, -0.2) is 43.8 Å². The normalized spacial score (nSPS) is 16.8. The molecule has 196 valence electrons. The van der Waals surface area contributed by atoms with Gasteiger partial charge in [-0.1, -0.05) is 42.1 Å². The van der Waals surface area contributed by atoms with Crippen LogP contribution < -0.4 is 10.1 Å². The third-order valence-corrected chi connectivity index (χ3v) is 6.57. The Morgan fingerprint density at radius 3 is 2.34 bits per heavy atom. The zero-order valence-electron chi connectivity index (χ0n) is 19.5. The smallest absolute Gasteiger partial charge is 0.478 e. The van der Waals surface area contributed by atoms with Crippen molar-refractivity contribution in [3.8, 4) is 5.75 Å². The van der Waals surface area contributed by atoms with Crippen LogP contribution >= 0.6 is 23.4 Å². The molecule has 1 unspecified atom stereocenters. The van der Waals surface area contributed by atoms with Crippen molar-refractivity contribution in [3.63, 3.8) is 0 Å². The monoisotopic (exact) mass is 559 g/mol. The quantitative estimate of drug-likeness (QED) is 0.342. The van der Waals surface area contributed by atoms with Gasteiger partial charge in [-0.2, -0.15) is 0 Å². The minimum absolute atomic E-state index is 0.0716. The number of rotatable bonds is 8. The summed E-state index contributed by atoms with van der Waals surface area (Å²) in [5.74, 6) is -2.04. The first kappa shape index (κ1) is 27.1. The van der Waals surface area contributed by atoms with E-state index in [4.69, 9.17) is 16.7 Å². The molecule has 0 saturated carbocycles. The summed E-state index contributed by atoms with van der Waals surface area (Å²) in [4.78, 5) is 43.2. The minimum atomic E-state index is -3.86. The lowest BCUT2D eigenvalue weighted by Gasteiger charge is -2.32. The van der Waals surface area contributed by atoms with E-state index in [2.05, 4.69) is 15.0 Å². The molecule has 0 aromatic heterocycles. The molecule has 38 heavy (non-hydrogen) atoms. The summed E-state index contributed by atoms with van der Waals surface area (Å²) < 4.78 is 30.2. The van der Waals surface area contributed by atoms with Crippen molar-refractivity contribution in [1.29, 1.82) is 0 Å². The Hall–Kier alpha value is -3.96. The number of amides is 2. The number of anilines is 1. The maximum absolute atomic E-state index is 13.2. The fraction of sp³-hybridized carbons (Fsp3) is 0.154. The molecule has 1 heterocycles. The average molecular weight is 560 g/mol. The van der Waals surface area contributed by atoms with Crippen molar-refractivity contribution in [3.05, 3.63) is 90.0 Å². The fourth-order valence-electron chi connectivity index (χ4n) is 3.51. The van der Waals surface area contributed by atoms with Crippen LogP contribution in [0.1, 0.15) is 22.3 Å². The molecule has 8 nitrogen and oxygen atoms in total. The average Bonchev–Trinajstić information content (AvgIpc) is 2.87. The molecular formula is C26H20ClF2N3O5S. The number of carbonyl (C=O) groups is 3. The summed E-state index contributed by atoms with van der Waals surface area (Å²) in [5, 5.41) is 11.2. The molecule has 1 fully saturated rings. The summed E-state index contributed by atoms with van der Waals surface area (Å²) >= 11 is 5.89. The number of nitrogens with zero attached hydrogens (tertiary/aromatic N) is 2. The highest BCUT2D eigenvalue weighted by Gasteiger charge is 2.36. The number of thioether (sulfide) groups is 1. The Bertz CT molecular complexity index is 1350. The molecule has 1 aliphatic heterocycles. The summed E-state index contributed by atoms with van der Waals surface area (Å²) in [6.45, 7) is 0.218. The van der Waals surface area contributed by atoms with Crippen molar-refractivity contribution < 1.29 is 33.0 Å². The predicted molar refractivity (Wildman–Crippen MR) is 140 cm³/mol. The topological polar surface area (TPSA) is 108 Å². The lowest BCUT2D eigenvalue weighted by molar-refractivity contribution is -0.129. The van der Waals surface area contributed by atoms with Gasteiger partial charge < -0.3 is 15.2 Å². The van der Waals surface area contributed by atoms with Crippen LogP contribution in [-0.2, 0) is 16.1 Å². The van der Waals surface area contributed by atoms with Crippen molar-refractivity contribution in [2.45, 2.75) is 23.8 Å². The zero-order valence-corrected chi connectivity index (χ0v) is 21.1. The third-order valence-electron chi connectivity index (χ3n) is 5.31. The summed E-state index contributed by atoms with van der Waals surface area (Å²) in [6.07, 6.45) is -0.0901. The van der Waals surface area contributed by atoms with E-state index in [9.17, 15) is 23.2 Å². The lowest BCUT2D eigenvalue weighted by Crippen LogP contribution is -2.44. The van der Waals surface area contributed by atoms with Crippen LogP contribution in [0.15, 0.2) is 83.9 Å². The standard InChI is InChI=1S/C26H20ClF2N3O5S/c27-26(28,29)37-20-12-10-19(11-13-20)31-25-32(15-16-4-2-1-3-5-16)22(33)14-21(38-25)23(34)30-18-8-6-17(7-9-18)24(35)36/h1-13,21H,14-15H2,(H,30,34)(H,35,36). The third kappa shape index (κ3) is 7.30. The van der Waals surface area contributed by atoms with E-state index in [0.29, 0.717) is 11.4 Å². The molecule has 4 rings (SSSR count). The van der Waals surface area contributed by atoms with Crippen LogP contribution in [0.3, 0.4) is 0 Å². The number of halogens is 3. The van der Waals surface area contributed by atoms with E-state index in [-0.39, 0.29) is 35.4 Å². The van der Waals surface area contributed by atoms with Crippen molar-refractivity contribution in [2.75, 3.05) is 5.32 Å². The Balaban J connectivity index is 1.56. The van der Waals surface area contributed by atoms with Gasteiger partial charge in [0, 0.05) is 23.7 Å². The number of amidine groups is 1. The molecule has 0 spiro atoms. The minimum Gasteiger partial charge on any atom is -0.478 e. The van der Waals surface area contributed by atoms with Crippen molar-refractivity contribution in [2.24, 2.45) is 4.99 Å². The largest absolute Gasteiger partial charge is 0.487 e. The molecule has 12 heteroatoms. The molecule has 1 aliphatic rings. The van der Waals surface area contributed by atoms with E-state index in [1.807, 2.05) is 30.3 Å². The number of nitrogens with one attached hydrogen (secondary N) is 1. The van der Waals surface area contributed by atoms with E-state index < -0.39 is 22.7 Å². The number of aromatic carboxylic acids is 1. The molecule has 3 aromatic rings. The molecular weight excluding hydrogens is 540 g/mol. The molecule has 2 amide bonds. The zero-order chi connectivity index (χ0) is 27.3. The SMILES string of the molecule is O=C(O)c1ccc(NC(=O)C2CC(=O)N(Cc3ccccc3)C(=Nc3ccc(OC(F)(F)Cl)cc3)S2)cc1. The second-order valence-corrected chi connectivity index (χ2v) is 9.69. The first-order chi connectivity index (χ1) is 18.1. The van der Waals surface area contributed by atoms with Gasteiger partial charge in [0.2, 0.25) is 11.8 Å². The van der Waals surface area contributed by atoms with Gasteiger partial charge in [-0.15, -0.1) is 8.78 Å². The lowest BCUT2D eigenvalue weighted by atomic mass is 10.2. The highest BCUT2D eigenvalue weighted by molar-refractivity contribution is 8.15. The van der Waals surface area contributed by atoms with Gasteiger partial charge in [0.25, 0.3) is 0 Å². The van der Waals surface area contributed by atoms with Crippen LogP contribution in [0.5, 0.6) is 5.75 Å². The van der Waals surface area contributed by atoms with Gasteiger partial charge in [-0.3, -0.25) is 14.5 Å². The second-order valence-electron chi connectivity index (χ2n) is 8.08. The van der Waals surface area contributed by atoms with Crippen LogP contribution in [0, 0.1) is 0 Å². The molecule has 0 bridgehead atoms. The number of carbonyl (C=O) groups excluding carboxylic acids is 2. The number of benzene rings is 3. The first-order valence-electron chi connectivity index (χ1n) is 11.2. The molecule has 3 aromatic carbocycles. The van der Waals surface area contributed by atoms with Gasteiger partial charge in [0.05, 0.1) is 17.8 Å². The van der Waals surface area contributed by atoms with Gasteiger partial charge in [0.1, 0.15) is 11.0 Å². The molecule has 1 saturated heterocycles.